The second kappa shape index (κ2) is 8.88. The minimum Gasteiger partial charge on any atom is -0.351 e. The Kier molecular flexibility index (Phi) is 6.22. The number of aromatic nitrogens is 2. The van der Waals surface area contributed by atoms with Gasteiger partial charge in [0.2, 0.25) is 0 Å². The van der Waals surface area contributed by atoms with E-state index in [-0.39, 0.29) is 28.6 Å². The Balaban J connectivity index is 1.82. The van der Waals surface area contributed by atoms with Gasteiger partial charge in [0.15, 0.2) is 16.5 Å². The van der Waals surface area contributed by atoms with Crippen LogP contribution in [0.3, 0.4) is 0 Å². The summed E-state index contributed by atoms with van der Waals surface area (Å²) in [4.78, 5) is 33.1. The van der Waals surface area contributed by atoms with Crippen molar-refractivity contribution in [2.45, 2.75) is 37.6 Å². The average Bonchev–Trinajstić information content (AvgIpc) is 3.06. The van der Waals surface area contributed by atoms with Crippen LogP contribution in [0.25, 0.3) is 11.3 Å². The van der Waals surface area contributed by atoms with Gasteiger partial charge in [-0.1, -0.05) is 13.0 Å². The maximum atomic E-state index is 14.5. The van der Waals surface area contributed by atoms with E-state index >= 15 is 0 Å². The molecular weight excluding hydrogens is 478 g/mol. The molecule has 2 N–H and O–H groups in total. The molecule has 1 aliphatic rings. The van der Waals surface area contributed by atoms with Crippen LogP contribution in [0.15, 0.2) is 58.4 Å². The summed E-state index contributed by atoms with van der Waals surface area (Å²) in [6, 6.07) is 8.75. The number of benzene rings is 1. The van der Waals surface area contributed by atoms with Crippen LogP contribution in [0.4, 0.5) is 14.6 Å². The minimum atomic E-state index is -4.49. The lowest BCUT2D eigenvalue weighted by Crippen LogP contribution is -2.41. The molecule has 0 spiro atoms. The number of nitrogens with zero attached hydrogens (tertiary/aromatic N) is 2. The van der Waals surface area contributed by atoms with Crippen LogP contribution < -0.4 is 15.2 Å². The zero-order chi connectivity index (χ0) is 25.5. The number of H-pyrrole nitrogens is 1. The molecule has 1 fully saturated rings. The monoisotopic (exact) mass is 502 g/mol. The molecule has 1 amide bonds. The molecule has 1 saturated heterocycles. The third-order valence-electron chi connectivity index (χ3n) is 5.97. The largest absolute Gasteiger partial charge is 0.351 e. The van der Waals surface area contributed by atoms with Gasteiger partial charge in [-0.15, -0.1) is 0 Å². The van der Waals surface area contributed by atoms with Crippen LogP contribution in [0.5, 0.6) is 0 Å². The predicted molar refractivity (Wildman–Crippen MR) is 127 cm³/mol. The smallest absolute Gasteiger partial charge is 0.269 e. The highest BCUT2D eigenvalue weighted by molar-refractivity contribution is 7.90. The molecule has 3 heterocycles. The van der Waals surface area contributed by atoms with Crippen LogP contribution in [0.1, 0.15) is 37.6 Å². The van der Waals surface area contributed by atoms with Crippen LogP contribution >= 0.6 is 0 Å². The number of hydrogen-bond donors (Lipinski definition) is 2. The molecule has 0 unspecified atom stereocenters. The summed E-state index contributed by atoms with van der Waals surface area (Å²) in [5.74, 6) is -2.75. The maximum absolute atomic E-state index is 14.5. The second-order valence-corrected chi connectivity index (χ2v) is 10.9. The van der Waals surface area contributed by atoms with Crippen molar-refractivity contribution >= 4 is 21.7 Å². The number of rotatable bonds is 5. The number of halogens is 2. The highest BCUT2D eigenvalue weighted by Crippen LogP contribution is 2.38. The molecule has 0 aliphatic carbocycles. The predicted octanol–water partition coefficient (Wildman–Crippen LogP) is 3.46. The van der Waals surface area contributed by atoms with Gasteiger partial charge in [0.05, 0.1) is 11.3 Å². The number of sulfonamides is 1. The van der Waals surface area contributed by atoms with Gasteiger partial charge in [-0.3, -0.25) is 9.59 Å². The topological polar surface area (TPSA) is 112 Å². The van der Waals surface area contributed by atoms with Crippen molar-refractivity contribution in [3.05, 3.63) is 76.2 Å². The van der Waals surface area contributed by atoms with Crippen molar-refractivity contribution < 1.29 is 22.0 Å². The number of carbonyl (C=O) groups excluding carboxylic acids is 1. The van der Waals surface area contributed by atoms with Crippen molar-refractivity contribution in [3.8, 4) is 11.3 Å². The van der Waals surface area contributed by atoms with Crippen molar-refractivity contribution in [1.29, 1.82) is 0 Å². The van der Waals surface area contributed by atoms with Gasteiger partial charge in [0.1, 0.15) is 5.82 Å². The Morgan fingerprint density at radius 2 is 1.91 bits per heavy atom. The molecule has 11 heteroatoms. The van der Waals surface area contributed by atoms with Gasteiger partial charge in [0.25, 0.3) is 21.5 Å². The van der Waals surface area contributed by atoms with Crippen LogP contribution in [0.2, 0.25) is 0 Å². The molecule has 2 aromatic heterocycles. The molecule has 1 aromatic carbocycles. The van der Waals surface area contributed by atoms with E-state index in [4.69, 9.17) is 0 Å². The van der Waals surface area contributed by atoms with E-state index in [9.17, 15) is 26.8 Å². The number of anilines is 1. The summed E-state index contributed by atoms with van der Waals surface area (Å²) in [6.45, 7) is 6.45. The summed E-state index contributed by atoms with van der Waals surface area (Å²) in [6.07, 6.45) is 2.04. The van der Waals surface area contributed by atoms with Crippen LogP contribution in [0, 0.1) is 17.6 Å². The Bertz CT molecular complexity index is 1470. The van der Waals surface area contributed by atoms with Gasteiger partial charge < -0.3 is 9.88 Å². The molecule has 4 rings (SSSR count). The number of aromatic amines is 1. The zero-order valence-corrected chi connectivity index (χ0v) is 20.1. The van der Waals surface area contributed by atoms with E-state index in [1.807, 2.05) is 30.4 Å². The highest BCUT2D eigenvalue weighted by Gasteiger charge is 2.39. The first-order chi connectivity index (χ1) is 16.4. The average molecular weight is 503 g/mol. The quantitative estimate of drug-likeness (QED) is 0.553. The van der Waals surface area contributed by atoms with Gasteiger partial charge in [-0.05, 0) is 62.6 Å². The lowest BCUT2D eigenvalue weighted by molar-refractivity contribution is 0.0981. The summed E-state index contributed by atoms with van der Waals surface area (Å²) in [5, 5.41) is 0. The molecule has 8 nitrogen and oxygen atoms in total. The molecule has 3 aromatic rings. The van der Waals surface area contributed by atoms with Gasteiger partial charge in [0, 0.05) is 23.8 Å². The fourth-order valence-electron chi connectivity index (χ4n) is 4.49. The maximum Gasteiger partial charge on any atom is 0.269 e. The zero-order valence-electron chi connectivity index (χ0n) is 19.3. The fourth-order valence-corrected chi connectivity index (χ4v) is 5.52. The third-order valence-corrected chi connectivity index (χ3v) is 7.33. The van der Waals surface area contributed by atoms with E-state index in [2.05, 4.69) is 9.97 Å². The van der Waals surface area contributed by atoms with Crippen molar-refractivity contribution in [1.82, 2.24) is 14.7 Å². The van der Waals surface area contributed by atoms with Crippen molar-refractivity contribution in [2.75, 3.05) is 11.4 Å². The Morgan fingerprint density at radius 1 is 1.17 bits per heavy atom. The Hall–Kier alpha value is -3.60. The first kappa shape index (κ1) is 24.5. The van der Waals surface area contributed by atoms with Crippen LogP contribution in [-0.2, 0) is 10.0 Å². The highest BCUT2D eigenvalue weighted by atomic mass is 32.2. The van der Waals surface area contributed by atoms with E-state index in [0.29, 0.717) is 6.54 Å². The molecule has 0 radical (unpaired) electrons. The Morgan fingerprint density at radius 3 is 2.57 bits per heavy atom. The first-order valence-corrected chi connectivity index (χ1v) is 12.4. The number of amides is 1. The van der Waals surface area contributed by atoms with Crippen molar-refractivity contribution in [2.24, 2.45) is 5.92 Å². The summed E-state index contributed by atoms with van der Waals surface area (Å²) >= 11 is 0. The standard InChI is InChI=1S/C24H24F2N4O4S/c1-14-12-24(2,3)30(13-14)21-16(9-10-18(28-21)15-6-4-7-17(25)20(15)26)22(31)29-35(33,34)19-8-5-11-27-23(19)32/h4-11,14H,12-13H2,1-3H3,(H,27,32)(H,29,31)/t14-/m0/s1. The molecule has 1 aliphatic heterocycles. The molecule has 0 saturated carbocycles. The van der Waals surface area contributed by atoms with E-state index in [0.717, 1.165) is 18.6 Å². The number of carbonyl (C=O) groups is 1. The number of nitrogens with one attached hydrogen (secondary N) is 2. The lowest BCUT2D eigenvalue weighted by atomic mass is 9.97. The Labute approximate surface area is 201 Å². The van der Waals surface area contributed by atoms with Crippen LogP contribution in [-0.4, -0.2) is 36.4 Å². The van der Waals surface area contributed by atoms with E-state index in [1.165, 1.54) is 36.5 Å². The summed E-state index contributed by atoms with van der Waals surface area (Å²) in [7, 11) is -4.49. The lowest BCUT2D eigenvalue weighted by Gasteiger charge is -2.34. The van der Waals surface area contributed by atoms with Gasteiger partial charge in [-0.2, -0.15) is 0 Å². The fraction of sp³-hybridized carbons (Fsp3) is 0.292. The van der Waals surface area contributed by atoms with Gasteiger partial charge >= 0.3 is 0 Å². The molecule has 35 heavy (non-hydrogen) atoms. The number of pyridine rings is 2. The molecule has 0 bridgehead atoms. The normalized spacial score (nSPS) is 17.4. The second-order valence-electron chi connectivity index (χ2n) is 9.20. The SMILES string of the molecule is C[C@@H]1CN(c2nc(-c3cccc(F)c3F)ccc2C(=O)NS(=O)(=O)c2ccc[nH]c2=O)C(C)(C)C1. The van der Waals surface area contributed by atoms with E-state index < -0.39 is 43.6 Å². The first-order valence-electron chi connectivity index (χ1n) is 10.9. The molecule has 1 atom stereocenters. The van der Waals surface area contributed by atoms with Gasteiger partial charge in [-0.25, -0.2) is 26.9 Å². The number of hydrogen-bond acceptors (Lipinski definition) is 6. The molecular formula is C24H24F2N4O4S. The van der Waals surface area contributed by atoms with Crippen molar-refractivity contribution in [3.63, 3.8) is 0 Å². The summed E-state index contributed by atoms with van der Waals surface area (Å²) in [5.41, 5.74) is -1.41. The minimum absolute atomic E-state index is 0.0799. The van der Waals surface area contributed by atoms with E-state index in [1.54, 1.807) is 0 Å². The third kappa shape index (κ3) is 4.68. The molecule has 184 valence electrons. The summed E-state index contributed by atoms with van der Waals surface area (Å²) < 4.78 is 55.8.